The van der Waals surface area contributed by atoms with Crippen molar-refractivity contribution in [3.63, 3.8) is 0 Å². The van der Waals surface area contributed by atoms with E-state index in [1.54, 1.807) is 0 Å². The average Bonchev–Trinajstić information content (AvgIpc) is 3.86. The van der Waals surface area contributed by atoms with Crippen LogP contribution in [-0.2, 0) is 42.6 Å². The quantitative estimate of drug-likeness (QED) is 0.0697. The molecular formula is C51H84O24. The molecule has 24 heteroatoms. The van der Waals surface area contributed by atoms with E-state index < -0.39 is 178 Å². The molecule has 75 heavy (non-hydrogen) atoms. The number of ether oxygens (including phenoxy) is 9. The second-order valence-corrected chi connectivity index (χ2v) is 23.9. The summed E-state index contributed by atoms with van der Waals surface area (Å²) in [5.41, 5.74) is -0.976. The molecule has 0 radical (unpaired) electrons. The fourth-order valence-corrected chi connectivity index (χ4v) is 14.9. The first-order chi connectivity index (χ1) is 35.4. The molecule has 432 valence electrons. The Labute approximate surface area is 435 Å². The van der Waals surface area contributed by atoms with Crippen molar-refractivity contribution in [2.75, 3.05) is 26.4 Å². The molecule has 8 fully saturated rings. The summed E-state index contributed by atoms with van der Waals surface area (Å²) in [7, 11) is 0. The molecule has 0 aromatic heterocycles. The number of rotatable bonds is 15. The van der Waals surface area contributed by atoms with Gasteiger partial charge in [0.05, 0.1) is 44.7 Å². The molecule has 15 N–H and O–H groups in total. The Morgan fingerprint density at radius 2 is 1.20 bits per heavy atom. The van der Waals surface area contributed by atoms with E-state index in [-0.39, 0.29) is 42.1 Å². The fourth-order valence-electron chi connectivity index (χ4n) is 14.9. The topological polar surface area (TPSA) is 387 Å². The third kappa shape index (κ3) is 10.0. The molecule has 4 aliphatic carbocycles. The predicted molar refractivity (Wildman–Crippen MR) is 252 cm³/mol. The molecule has 3 saturated carbocycles. The lowest BCUT2D eigenvalue weighted by Gasteiger charge is -2.59. The van der Waals surface area contributed by atoms with Crippen molar-refractivity contribution < 1.29 is 119 Å². The van der Waals surface area contributed by atoms with Gasteiger partial charge in [0.2, 0.25) is 0 Å². The Balaban J connectivity index is 0.861. The van der Waals surface area contributed by atoms with Gasteiger partial charge in [-0.15, -0.1) is 0 Å². The summed E-state index contributed by atoms with van der Waals surface area (Å²) in [5, 5.41) is 161. The zero-order valence-electron chi connectivity index (χ0n) is 43.2. The maximum atomic E-state index is 12.9. The lowest BCUT2D eigenvalue weighted by atomic mass is 9.46. The zero-order valence-corrected chi connectivity index (χ0v) is 43.2. The van der Waals surface area contributed by atoms with Gasteiger partial charge < -0.3 is 119 Å². The molecule has 0 bridgehead atoms. The highest BCUT2D eigenvalue weighted by atomic mass is 16.8. The minimum absolute atomic E-state index is 0.0763. The van der Waals surface area contributed by atoms with Crippen molar-refractivity contribution in [1.82, 2.24) is 0 Å². The van der Waals surface area contributed by atoms with Gasteiger partial charge in [-0.05, 0) is 87.4 Å². The van der Waals surface area contributed by atoms with Crippen molar-refractivity contribution in [3.05, 3.63) is 11.6 Å². The van der Waals surface area contributed by atoms with E-state index in [0.29, 0.717) is 38.5 Å². The Morgan fingerprint density at radius 1 is 0.627 bits per heavy atom. The van der Waals surface area contributed by atoms with E-state index in [2.05, 4.69) is 19.9 Å². The van der Waals surface area contributed by atoms with Crippen LogP contribution in [0.1, 0.15) is 92.4 Å². The van der Waals surface area contributed by atoms with Crippen molar-refractivity contribution in [2.45, 2.75) is 239 Å². The molecular weight excluding hydrogens is 997 g/mol. The number of hydrogen-bond acceptors (Lipinski definition) is 24. The number of aliphatic hydroxyl groups is 15. The number of fused-ring (bicyclic) bond motifs is 7. The average molecular weight is 1080 g/mol. The van der Waals surface area contributed by atoms with E-state index in [4.69, 9.17) is 42.6 Å². The zero-order chi connectivity index (χ0) is 54.4. The second-order valence-electron chi connectivity index (χ2n) is 23.9. The normalized spacial score (nSPS) is 55.3. The SMILES string of the molecule is C[C@H](CC[C@@]1(O)O[C@H]2C[C@H]3[C@@H]4CC=C5C[C@@H](O[C@@H]6O[C@H](CO)[C@@H](O[C@@H]7O[C@H](CO)[C@@H](O)[C@H](O)[C@H]7O)[C@H](O)[C@H]6O[C@@H]6O[C@@H](C)[C@H](O)[C@@H](O)[C@H]6O)CC[C@]5(C)[C@H]4CC[C@]3(C)[C@@]2(O)[C@@H]1C)CO[C@@H]1O[C@H](CO)[C@@H](O)[C@H](O)[C@H]1O. The van der Waals surface area contributed by atoms with Crippen LogP contribution >= 0.6 is 0 Å². The summed E-state index contributed by atoms with van der Waals surface area (Å²) in [4.78, 5) is 0. The summed E-state index contributed by atoms with van der Waals surface area (Å²) in [6.45, 7) is 7.61. The van der Waals surface area contributed by atoms with Crippen LogP contribution in [0, 0.1) is 40.4 Å². The minimum Gasteiger partial charge on any atom is -0.394 e. The largest absolute Gasteiger partial charge is 0.394 e. The van der Waals surface area contributed by atoms with Gasteiger partial charge in [-0.2, -0.15) is 0 Å². The van der Waals surface area contributed by atoms with Gasteiger partial charge in [-0.25, -0.2) is 0 Å². The van der Waals surface area contributed by atoms with E-state index in [1.165, 1.54) is 12.5 Å². The molecule has 0 aromatic rings. The maximum absolute atomic E-state index is 12.9. The van der Waals surface area contributed by atoms with Gasteiger partial charge in [0, 0.05) is 17.8 Å². The van der Waals surface area contributed by atoms with Gasteiger partial charge in [-0.1, -0.05) is 39.3 Å². The third-order valence-electron chi connectivity index (χ3n) is 19.8. The molecule has 9 rings (SSSR count). The lowest BCUT2D eigenvalue weighted by Crippen LogP contribution is -2.67. The first-order valence-corrected chi connectivity index (χ1v) is 27.0. The van der Waals surface area contributed by atoms with Crippen molar-refractivity contribution >= 4 is 0 Å². The highest BCUT2D eigenvalue weighted by Gasteiger charge is 2.75. The first kappa shape index (κ1) is 58.4. The van der Waals surface area contributed by atoms with Crippen LogP contribution < -0.4 is 0 Å². The minimum atomic E-state index is -1.87. The van der Waals surface area contributed by atoms with Gasteiger partial charge in [0.1, 0.15) is 97.2 Å². The van der Waals surface area contributed by atoms with Gasteiger partial charge in [-0.3, -0.25) is 0 Å². The van der Waals surface area contributed by atoms with Crippen LogP contribution in [0.4, 0.5) is 0 Å². The van der Waals surface area contributed by atoms with Gasteiger partial charge >= 0.3 is 0 Å². The molecule has 0 spiro atoms. The molecule has 0 aromatic carbocycles. The molecule has 5 heterocycles. The van der Waals surface area contributed by atoms with E-state index in [9.17, 15) is 76.6 Å². The van der Waals surface area contributed by atoms with E-state index in [0.717, 1.165) is 12.8 Å². The van der Waals surface area contributed by atoms with Gasteiger partial charge in [0.15, 0.2) is 30.9 Å². The molecule has 0 amide bonds. The van der Waals surface area contributed by atoms with E-state index >= 15 is 0 Å². The second kappa shape index (κ2) is 22.3. The van der Waals surface area contributed by atoms with Crippen molar-refractivity contribution in [1.29, 1.82) is 0 Å². The molecule has 5 aliphatic heterocycles. The smallest absolute Gasteiger partial charge is 0.187 e. The summed E-state index contributed by atoms with van der Waals surface area (Å²) in [6.07, 6.45) is -24.5. The Kier molecular flexibility index (Phi) is 17.3. The van der Waals surface area contributed by atoms with Gasteiger partial charge in [0.25, 0.3) is 0 Å². The summed E-state index contributed by atoms with van der Waals surface area (Å²) >= 11 is 0. The molecule has 31 atom stereocenters. The van der Waals surface area contributed by atoms with Crippen LogP contribution in [0.2, 0.25) is 0 Å². The Bertz CT molecular complexity index is 1970. The lowest BCUT2D eigenvalue weighted by molar-refractivity contribution is -0.389. The fraction of sp³-hybridized carbons (Fsp3) is 0.961. The Morgan fingerprint density at radius 3 is 1.84 bits per heavy atom. The maximum Gasteiger partial charge on any atom is 0.187 e. The number of allylic oxidation sites excluding steroid dienone is 1. The third-order valence-corrected chi connectivity index (χ3v) is 19.8. The van der Waals surface area contributed by atoms with Crippen LogP contribution in [-0.4, -0.2) is 249 Å². The number of aliphatic hydroxyl groups excluding tert-OH is 13. The number of hydrogen-bond donors (Lipinski definition) is 15. The summed E-state index contributed by atoms with van der Waals surface area (Å²) in [5.74, 6) is -1.92. The Hall–Kier alpha value is -1.22. The highest BCUT2D eigenvalue weighted by Crippen LogP contribution is 2.71. The highest BCUT2D eigenvalue weighted by molar-refractivity contribution is 5.29. The summed E-state index contributed by atoms with van der Waals surface area (Å²) < 4.78 is 54.1. The first-order valence-electron chi connectivity index (χ1n) is 27.0. The van der Waals surface area contributed by atoms with Crippen LogP contribution in [0.15, 0.2) is 11.6 Å². The van der Waals surface area contributed by atoms with E-state index in [1.807, 2.05) is 13.8 Å². The molecule has 24 nitrogen and oxygen atoms in total. The van der Waals surface area contributed by atoms with Crippen molar-refractivity contribution in [3.8, 4) is 0 Å². The van der Waals surface area contributed by atoms with Crippen LogP contribution in [0.5, 0.6) is 0 Å². The van der Waals surface area contributed by atoms with Crippen LogP contribution in [0.25, 0.3) is 0 Å². The molecule has 9 aliphatic rings. The molecule has 0 unspecified atom stereocenters. The summed E-state index contributed by atoms with van der Waals surface area (Å²) in [6, 6.07) is 0. The van der Waals surface area contributed by atoms with Crippen LogP contribution in [0.3, 0.4) is 0 Å². The predicted octanol–water partition coefficient (Wildman–Crippen LogP) is -3.89. The monoisotopic (exact) mass is 1080 g/mol. The molecule has 5 saturated heterocycles. The van der Waals surface area contributed by atoms with Crippen molar-refractivity contribution in [2.24, 2.45) is 40.4 Å². The standard InChI is InChI=1S/C51H84O24/c1-20(19-67-44-38(61)36(59)33(56)28(16-52)70-44)8-13-50(65)22(3)51(66)31(75-50)15-27-25-7-6-23-14-24(9-11-48(23,4)26(25)10-12-49(27,51)5)69-47-43(74-45-39(62)35(58)32(55)21(2)68-45)41(64)42(30(18-54)72-47)73-46-40(63)37(60)34(57)29(17-53)71-46/h6,20-22,24-47,52-66H,7-19H2,1-5H3/t20-,21+,22-,24+,25-,26+,27+,28-,29-,30-,31+,32+,33-,34-,35-,36+,37+,38-,39-,40-,41+,42-,43-,44-,45+,46+,47-,48+,49+,50-,51-/m1/s1.